The second-order valence-electron chi connectivity index (χ2n) is 5.45. The molecule has 18 heavy (non-hydrogen) atoms. The zero-order chi connectivity index (χ0) is 12.8. The van der Waals surface area contributed by atoms with Gasteiger partial charge in [0, 0.05) is 29.4 Å². The lowest BCUT2D eigenvalue weighted by Gasteiger charge is -2.43. The third kappa shape index (κ3) is 1.39. The van der Waals surface area contributed by atoms with Crippen LogP contribution in [0.2, 0.25) is 0 Å². The van der Waals surface area contributed by atoms with Gasteiger partial charge in [-0.1, -0.05) is 32.0 Å². The molecule has 1 amide bonds. The van der Waals surface area contributed by atoms with Crippen molar-refractivity contribution in [2.75, 3.05) is 6.61 Å². The Balaban J connectivity index is 2.17. The van der Waals surface area contributed by atoms with E-state index in [4.69, 9.17) is 4.74 Å². The number of para-hydroxylation sites is 1. The summed E-state index contributed by atoms with van der Waals surface area (Å²) in [6.45, 7) is 5.03. The number of hydrogen-bond donors (Lipinski definition) is 1. The van der Waals surface area contributed by atoms with Gasteiger partial charge in [-0.25, -0.2) is 0 Å². The Morgan fingerprint density at radius 1 is 1.44 bits per heavy atom. The van der Waals surface area contributed by atoms with Crippen molar-refractivity contribution in [3.05, 3.63) is 29.8 Å². The number of hydrogen-bond acceptors (Lipinski definition) is 2. The molecule has 1 N–H and O–H groups in total. The molecule has 3 unspecified atom stereocenters. The van der Waals surface area contributed by atoms with Crippen LogP contribution in [0.1, 0.15) is 32.3 Å². The highest BCUT2D eigenvalue weighted by molar-refractivity contribution is 5.82. The Morgan fingerprint density at radius 3 is 3.00 bits per heavy atom. The highest BCUT2D eigenvalue weighted by atomic mass is 16.5. The van der Waals surface area contributed by atoms with Gasteiger partial charge in [-0.05, 0) is 12.5 Å². The quantitative estimate of drug-likeness (QED) is 0.824. The molecule has 1 fully saturated rings. The Kier molecular flexibility index (Phi) is 2.58. The van der Waals surface area contributed by atoms with E-state index in [2.05, 4.69) is 25.2 Å². The number of nitrogens with one attached hydrogen (secondary N) is 1. The lowest BCUT2D eigenvalue weighted by atomic mass is 9.64. The van der Waals surface area contributed by atoms with E-state index < -0.39 is 0 Å². The minimum Gasteiger partial charge on any atom is -0.493 e. The Labute approximate surface area is 108 Å². The monoisotopic (exact) mass is 245 g/mol. The molecule has 0 bridgehead atoms. The predicted octanol–water partition coefficient (Wildman–Crippen LogP) is 2.25. The van der Waals surface area contributed by atoms with Crippen LogP contribution in [0.3, 0.4) is 0 Å². The van der Waals surface area contributed by atoms with Gasteiger partial charge in [0.15, 0.2) is 0 Å². The van der Waals surface area contributed by atoms with Gasteiger partial charge in [-0.2, -0.15) is 0 Å². The Bertz CT molecular complexity index is 485. The molecule has 3 atom stereocenters. The molecule has 1 aromatic carbocycles. The van der Waals surface area contributed by atoms with Crippen LogP contribution in [0, 0.1) is 5.92 Å². The van der Waals surface area contributed by atoms with Crippen LogP contribution in [0.25, 0.3) is 0 Å². The number of benzene rings is 1. The van der Waals surface area contributed by atoms with Crippen LogP contribution < -0.4 is 10.1 Å². The van der Waals surface area contributed by atoms with E-state index >= 15 is 0 Å². The SMILES string of the molecule is CCC1NC(=O)CC12c1ccccc1OCC2C. The Hall–Kier alpha value is -1.51. The summed E-state index contributed by atoms with van der Waals surface area (Å²) in [7, 11) is 0. The largest absolute Gasteiger partial charge is 0.493 e. The molecule has 0 radical (unpaired) electrons. The highest BCUT2D eigenvalue weighted by Crippen LogP contribution is 2.49. The minimum atomic E-state index is -0.0827. The molecule has 2 aliphatic heterocycles. The minimum absolute atomic E-state index is 0.0827. The molecule has 2 heterocycles. The summed E-state index contributed by atoms with van der Waals surface area (Å²) in [6, 6.07) is 8.39. The van der Waals surface area contributed by atoms with Crippen molar-refractivity contribution in [3.8, 4) is 5.75 Å². The number of ether oxygens (including phenoxy) is 1. The number of carbonyl (C=O) groups excluding carboxylic acids is 1. The van der Waals surface area contributed by atoms with Crippen molar-refractivity contribution >= 4 is 5.91 Å². The first-order chi connectivity index (χ1) is 8.68. The maximum Gasteiger partial charge on any atom is 0.221 e. The summed E-state index contributed by atoms with van der Waals surface area (Å²) in [5.74, 6) is 1.48. The summed E-state index contributed by atoms with van der Waals surface area (Å²) in [5.41, 5.74) is 1.12. The first-order valence-electron chi connectivity index (χ1n) is 6.70. The van der Waals surface area contributed by atoms with Crippen molar-refractivity contribution < 1.29 is 9.53 Å². The van der Waals surface area contributed by atoms with E-state index in [1.165, 1.54) is 5.56 Å². The predicted molar refractivity (Wildman–Crippen MR) is 69.6 cm³/mol. The second-order valence-corrected chi connectivity index (χ2v) is 5.45. The summed E-state index contributed by atoms with van der Waals surface area (Å²) in [5, 5.41) is 3.14. The van der Waals surface area contributed by atoms with Gasteiger partial charge in [0.25, 0.3) is 0 Å². The third-order valence-corrected chi connectivity index (χ3v) is 4.58. The molecular weight excluding hydrogens is 226 g/mol. The molecule has 96 valence electrons. The number of amides is 1. The average molecular weight is 245 g/mol. The molecule has 3 nitrogen and oxygen atoms in total. The van der Waals surface area contributed by atoms with Gasteiger partial charge in [-0.3, -0.25) is 4.79 Å². The molecule has 0 aromatic heterocycles. The summed E-state index contributed by atoms with van der Waals surface area (Å²) < 4.78 is 5.81. The lowest BCUT2D eigenvalue weighted by Crippen LogP contribution is -2.49. The maximum atomic E-state index is 11.9. The summed E-state index contributed by atoms with van der Waals surface area (Å²) >= 11 is 0. The molecule has 1 aromatic rings. The maximum absolute atomic E-state index is 11.9. The van der Waals surface area contributed by atoms with Crippen molar-refractivity contribution in [1.82, 2.24) is 5.32 Å². The van der Waals surface area contributed by atoms with Crippen molar-refractivity contribution in [2.45, 2.75) is 38.1 Å². The fourth-order valence-electron chi connectivity index (χ4n) is 3.64. The van der Waals surface area contributed by atoms with Gasteiger partial charge < -0.3 is 10.1 Å². The van der Waals surface area contributed by atoms with E-state index in [-0.39, 0.29) is 17.4 Å². The van der Waals surface area contributed by atoms with Crippen LogP contribution >= 0.6 is 0 Å². The van der Waals surface area contributed by atoms with Gasteiger partial charge in [0.1, 0.15) is 5.75 Å². The highest BCUT2D eigenvalue weighted by Gasteiger charge is 2.53. The Morgan fingerprint density at radius 2 is 2.22 bits per heavy atom. The van der Waals surface area contributed by atoms with Gasteiger partial charge >= 0.3 is 0 Å². The smallest absolute Gasteiger partial charge is 0.221 e. The van der Waals surface area contributed by atoms with E-state index in [1.54, 1.807) is 0 Å². The van der Waals surface area contributed by atoms with E-state index in [1.807, 2.05) is 18.2 Å². The van der Waals surface area contributed by atoms with Crippen molar-refractivity contribution in [2.24, 2.45) is 5.92 Å². The van der Waals surface area contributed by atoms with E-state index in [0.29, 0.717) is 18.9 Å². The zero-order valence-electron chi connectivity index (χ0n) is 10.9. The number of rotatable bonds is 1. The van der Waals surface area contributed by atoms with Crippen LogP contribution in [0.4, 0.5) is 0 Å². The fraction of sp³-hybridized carbons (Fsp3) is 0.533. The fourth-order valence-corrected chi connectivity index (χ4v) is 3.64. The topological polar surface area (TPSA) is 38.3 Å². The first-order valence-corrected chi connectivity index (χ1v) is 6.70. The number of carbonyl (C=O) groups is 1. The standard InChI is InChI=1S/C15H19NO2/c1-3-13-15(8-14(17)16-13)10(2)9-18-12-7-5-4-6-11(12)15/h4-7,10,13H,3,8-9H2,1-2H3,(H,16,17). The second kappa shape index (κ2) is 4.01. The molecule has 3 rings (SSSR count). The molecular formula is C15H19NO2. The van der Waals surface area contributed by atoms with Gasteiger partial charge in [0.05, 0.1) is 6.61 Å². The molecule has 3 heteroatoms. The molecule has 0 saturated carbocycles. The summed E-state index contributed by atoms with van der Waals surface area (Å²) in [4.78, 5) is 11.9. The zero-order valence-corrected chi connectivity index (χ0v) is 10.9. The average Bonchev–Trinajstić information content (AvgIpc) is 2.73. The van der Waals surface area contributed by atoms with Crippen LogP contribution in [0.15, 0.2) is 24.3 Å². The molecule has 2 aliphatic rings. The lowest BCUT2D eigenvalue weighted by molar-refractivity contribution is -0.119. The van der Waals surface area contributed by atoms with Crippen molar-refractivity contribution in [1.29, 1.82) is 0 Å². The molecule has 1 spiro atoms. The van der Waals surface area contributed by atoms with Crippen LogP contribution in [-0.4, -0.2) is 18.6 Å². The van der Waals surface area contributed by atoms with E-state index in [9.17, 15) is 4.79 Å². The summed E-state index contributed by atoms with van der Waals surface area (Å²) in [6.07, 6.45) is 1.55. The van der Waals surface area contributed by atoms with Crippen molar-refractivity contribution in [3.63, 3.8) is 0 Å². The third-order valence-electron chi connectivity index (χ3n) is 4.58. The van der Waals surface area contributed by atoms with Crippen LogP contribution in [0.5, 0.6) is 5.75 Å². The van der Waals surface area contributed by atoms with E-state index in [0.717, 1.165) is 12.2 Å². The van der Waals surface area contributed by atoms with Crippen LogP contribution in [-0.2, 0) is 10.2 Å². The first kappa shape index (κ1) is 11.6. The molecule has 1 saturated heterocycles. The van der Waals surface area contributed by atoms with Gasteiger partial charge in [0.2, 0.25) is 5.91 Å². The normalized spacial score (nSPS) is 34.0. The number of fused-ring (bicyclic) bond motifs is 2. The molecule has 0 aliphatic carbocycles. The van der Waals surface area contributed by atoms with Gasteiger partial charge in [-0.15, -0.1) is 0 Å².